The van der Waals surface area contributed by atoms with Crippen LogP contribution in [-0.2, 0) is 32.0 Å². The first kappa shape index (κ1) is 42.4. The number of hydrogen-bond acceptors (Lipinski definition) is 10. The smallest absolute Gasteiger partial charge is 0.465 e. The summed E-state index contributed by atoms with van der Waals surface area (Å²) in [5.41, 5.74) is 4.15. The second-order valence-corrected chi connectivity index (χ2v) is 14.3. The molecular weight excluding hydrogens is 759 g/mol. The van der Waals surface area contributed by atoms with Crippen LogP contribution in [0.3, 0.4) is 0 Å². The van der Waals surface area contributed by atoms with Crippen LogP contribution in [0.5, 0.6) is 0 Å². The monoisotopic (exact) mass is 806 g/mol. The van der Waals surface area contributed by atoms with E-state index in [0.717, 1.165) is 74.4 Å². The number of pyridine rings is 2. The Kier molecular flexibility index (Phi) is 16.4. The van der Waals surface area contributed by atoms with E-state index in [4.69, 9.17) is 24.3 Å². The predicted octanol–water partition coefficient (Wildman–Crippen LogP) is 4.54. The number of hydrogen-bond donors (Lipinski definition) is 2. The molecule has 2 aromatic carbocycles. The molecule has 0 spiro atoms. The Bertz CT molecular complexity index is 1950. The molecule has 0 aliphatic carbocycles. The van der Waals surface area contributed by atoms with E-state index in [-0.39, 0.29) is 22.2 Å². The van der Waals surface area contributed by atoms with Gasteiger partial charge in [0.05, 0.1) is 14.2 Å². The van der Waals surface area contributed by atoms with Crippen LogP contribution in [0.15, 0.2) is 87.1 Å². The van der Waals surface area contributed by atoms with Gasteiger partial charge >= 0.3 is 19.1 Å². The highest BCUT2D eigenvalue weighted by molar-refractivity contribution is 9.10. The van der Waals surface area contributed by atoms with Gasteiger partial charge in [-0.3, -0.25) is 9.59 Å². The number of carbonyl (C=O) groups excluding carboxylic acids is 2. The van der Waals surface area contributed by atoms with Gasteiger partial charge in [-0.2, -0.15) is 0 Å². The lowest BCUT2D eigenvalue weighted by Crippen LogP contribution is -2.31. The van der Waals surface area contributed by atoms with Crippen molar-refractivity contribution in [1.82, 2.24) is 9.13 Å². The molecule has 12 nitrogen and oxygen atoms in total. The summed E-state index contributed by atoms with van der Waals surface area (Å²) in [5.74, 6) is -0.414. The number of aromatic nitrogens is 2. The van der Waals surface area contributed by atoms with Gasteiger partial charge in [0.25, 0.3) is 11.1 Å². The van der Waals surface area contributed by atoms with Crippen LogP contribution in [0.1, 0.15) is 57.5 Å². The average molecular weight is 808 g/mol. The van der Waals surface area contributed by atoms with Crippen molar-refractivity contribution in [2.75, 3.05) is 40.6 Å². The van der Waals surface area contributed by atoms with Crippen LogP contribution in [0, 0.1) is 25.7 Å². The highest BCUT2D eigenvalue weighted by Gasteiger charge is 2.21. The lowest BCUT2D eigenvalue weighted by molar-refractivity contribution is 0.0580. The number of nitrogens with zero attached hydrogens (tertiary/aromatic N) is 2. The lowest BCUT2D eigenvalue weighted by Gasteiger charge is -2.23. The summed E-state index contributed by atoms with van der Waals surface area (Å²) in [6.07, 6.45) is 7.28. The van der Waals surface area contributed by atoms with E-state index in [1.54, 1.807) is 33.5 Å². The molecular formula is C40H48BBrN2O10. The van der Waals surface area contributed by atoms with Crippen LogP contribution < -0.4 is 16.6 Å². The number of benzene rings is 2. The number of esters is 2. The largest absolute Gasteiger partial charge is 0.488 e. The number of ether oxygens (including phenoxy) is 4. The minimum atomic E-state index is -1.35. The summed E-state index contributed by atoms with van der Waals surface area (Å²) >= 11 is 3.32. The zero-order valence-corrected chi connectivity index (χ0v) is 32.8. The Hall–Kier alpha value is -4.34. The van der Waals surface area contributed by atoms with Crippen molar-refractivity contribution >= 4 is 40.4 Å². The van der Waals surface area contributed by atoms with E-state index < -0.39 is 19.1 Å². The molecule has 2 aliphatic rings. The Morgan fingerprint density at radius 2 is 1.13 bits per heavy atom. The average Bonchev–Trinajstić information content (AvgIpc) is 3.18. The summed E-state index contributed by atoms with van der Waals surface area (Å²) in [7, 11) is 1.22. The molecule has 0 amide bonds. The van der Waals surface area contributed by atoms with Crippen molar-refractivity contribution in [3.05, 3.63) is 120 Å². The molecule has 4 aromatic rings. The molecule has 54 heavy (non-hydrogen) atoms. The number of carbonyl (C=O) groups is 2. The van der Waals surface area contributed by atoms with Crippen molar-refractivity contribution in [2.45, 2.75) is 52.6 Å². The van der Waals surface area contributed by atoms with Gasteiger partial charge in [-0.1, -0.05) is 59.7 Å². The fraction of sp³-hybridized carbons (Fsp3) is 0.400. The van der Waals surface area contributed by atoms with E-state index in [9.17, 15) is 19.2 Å². The van der Waals surface area contributed by atoms with Crippen LogP contribution in [0.2, 0.25) is 0 Å². The van der Waals surface area contributed by atoms with Crippen molar-refractivity contribution in [2.24, 2.45) is 11.8 Å². The normalized spacial score (nSPS) is 14.5. The SMILES string of the molecule is COC(=O)c1cc(-c2ccc(C)cc2)cn(CC2CCOCC2)c1=O.COC(=O)c1cc(Br)cn(CC2CCOCC2)c1=O.Cc1ccc(B(O)O)cc1. The quantitative estimate of drug-likeness (QED) is 0.192. The van der Waals surface area contributed by atoms with Gasteiger partial charge in [-0.05, 0) is 96.0 Å². The van der Waals surface area contributed by atoms with Gasteiger partial charge in [0.2, 0.25) is 0 Å². The maximum absolute atomic E-state index is 12.7. The highest BCUT2D eigenvalue weighted by atomic mass is 79.9. The summed E-state index contributed by atoms with van der Waals surface area (Å²) in [6.45, 7) is 8.08. The van der Waals surface area contributed by atoms with Crippen LogP contribution in [0.25, 0.3) is 11.1 Å². The molecule has 0 saturated carbocycles. The summed E-state index contributed by atoms with van der Waals surface area (Å²) in [4.78, 5) is 48.5. The molecule has 14 heteroatoms. The van der Waals surface area contributed by atoms with Gasteiger partial charge in [0.15, 0.2) is 0 Å². The third-order valence-corrected chi connectivity index (χ3v) is 9.73. The minimum Gasteiger partial charge on any atom is -0.465 e. The molecule has 2 saturated heterocycles. The standard InChI is InChI=1S/C20H23NO4.C13H16BrNO4.C7H9BO2/c1-14-3-5-16(6-4-14)17-11-18(20(23)24-2)19(22)21(13-17)12-15-7-9-25-10-8-15;1-18-13(17)11-6-10(14)8-15(12(11)16)7-9-2-4-19-5-3-9;1-6-2-4-7(5-3-6)8(9)10/h3-6,11,13,15H,7-10,12H2,1-2H3;6,8-9H,2-5,7H2,1H3;2-5,9-10H,1H3. The fourth-order valence-corrected chi connectivity index (χ4v) is 6.55. The topological polar surface area (TPSA) is 156 Å². The zero-order valence-electron chi connectivity index (χ0n) is 31.2. The molecule has 0 radical (unpaired) electrons. The highest BCUT2D eigenvalue weighted by Crippen LogP contribution is 2.22. The van der Waals surface area contributed by atoms with Crippen LogP contribution >= 0.6 is 15.9 Å². The van der Waals surface area contributed by atoms with E-state index >= 15 is 0 Å². The molecule has 2 aliphatic heterocycles. The number of halogens is 1. The van der Waals surface area contributed by atoms with Gasteiger partial charge in [-0.15, -0.1) is 0 Å². The lowest BCUT2D eigenvalue weighted by atomic mass is 9.80. The van der Waals surface area contributed by atoms with Crippen molar-refractivity contribution in [1.29, 1.82) is 0 Å². The van der Waals surface area contributed by atoms with Crippen LogP contribution in [0.4, 0.5) is 0 Å². The van der Waals surface area contributed by atoms with Gasteiger partial charge in [0, 0.05) is 56.4 Å². The van der Waals surface area contributed by atoms with E-state index in [0.29, 0.717) is 34.9 Å². The summed E-state index contributed by atoms with van der Waals surface area (Å²) in [6, 6.07) is 18.2. The van der Waals surface area contributed by atoms with Crippen molar-refractivity contribution < 1.29 is 38.6 Å². The van der Waals surface area contributed by atoms with E-state index in [1.165, 1.54) is 20.3 Å². The molecule has 0 atom stereocenters. The van der Waals surface area contributed by atoms with E-state index in [1.807, 2.05) is 56.4 Å². The molecule has 288 valence electrons. The first-order valence-corrected chi connectivity index (χ1v) is 18.7. The third-order valence-electron chi connectivity index (χ3n) is 9.30. The molecule has 2 N–H and O–H groups in total. The number of methoxy groups -OCH3 is 2. The summed E-state index contributed by atoms with van der Waals surface area (Å²) in [5, 5.41) is 17.3. The molecule has 2 fully saturated rings. The fourth-order valence-electron chi connectivity index (χ4n) is 6.08. The van der Waals surface area contributed by atoms with Crippen LogP contribution in [-0.4, -0.2) is 78.9 Å². The molecule has 0 bridgehead atoms. The van der Waals surface area contributed by atoms with Crippen molar-refractivity contribution in [3.8, 4) is 11.1 Å². The Labute approximate surface area is 323 Å². The van der Waals surface area contributed by atoms with E-state index in [2.05, 4.69) is 20.7 Å². The van der Waals surface area contributed by atoms with Gasteiger partial charge in [-0.25, -0.2) is 9.59 Å². The second-order valence-electron chi connectivity index (χ2n) is 13.4. The molecule has 0 unspecified atom stereocenters. The number of aryl methyl sites for hydroxylation is 2. The Morgan fingerprint density at radius 3 is 1.57 bits per heavy atom. The molecule has 4 heterocycles. The summed E-state index contributed by atoms with van der Waals surface area (Å²) < 4.78 is 24.0. The van der Waals surface area contributed by atoms with Gasteiger partial charge in [0.1, 0.15) is 11.1 Å². The first-order valence-electron chi connectivity index (χ1n) is 17.9. The Balaban J connectivity index is 0.000000197. The zero-order chi connectivity index (χ0) is 39.2. The third kappa shape index (κ3) is 12.4. The van der Waals surface area contributed by atoms with Crippen molar-refractivity contribution in [3.63, 3.8) is 0 Å². The first-order chi connectivity index (χ1) is 25.9. The predicted molar refractivity (Wildman–Crippen MR) is 210 cm³/mol. The van der Waals surface area contributed by atoms with Gasteiger partial charge < -0.3 is 38.1 Å². The maximum atomic E-state index is 12.7. The molecule has 2 aromatic heterocycles. The Morgan fingerprint density at radius 1 is 0.704 bits per heavy atom. The minimum absolute atomic E-state index is 0.0592. The maximum Gasteiger partial charge on any atom is 0.488 e. The number of rotatable bonds is 8. The second kappa shape index (κ2) is 20.9. The molecule has 6 rings (SSSR count).